The molecule has 6 heteroatoms. The number of carbonyl (C=O) groups excluding carboxylic acids is 2. The van der Waals surface area contributed by atoms with Crippen molar-refractivity contribution >= 4 is 11.7 Å². The Bertz CT molecular complexity index is 478. The summed E-state index contributed by atoms with van der Waals surface area (Å²) >= 11 is 0. The highest BCUT2D eigenvalue weighted by molar-refractivity contribution is 5.84. The maximum atomic E-state index is 11.6. The zero-order valence-electron chi connectivity index (χ0n) is 18.7. The normalized spacial score (nSPS) is 17.9. The molecule has 0 aliphatic heterocycles. The summed E-state index contributed by atoms with van der Waals surface area (Å²) in [7, 11) is 0. The summed E-state index contributed by atoms with van der Waals surface area (Å²) in [4.78, 5) is 23.0. The topological polar surface area (TPSA) is 107 Å². The van der Waals surface area contributed by atoms with Gasteiger partial charge in [-0.3, -0.25) is 14.8 Å². The number of hydrogen-bond acceptors (Lipinski definition) is 5. The van der Waals surface area contributed by atoms with Crippen molar-refractivity contribution in [3.05, 3.63) is 0 Å². The van der Waals surface area contributed by atoms with Crippen LogP contribution >= 0.6 is 0 Å². The predicted octanol–water partition coefficient (Wildman–Crippen LogP) is 3.96. The number of amides is 1. The molecule has 0 radical (unpaired) electrons. The first-order chi connectivity index (χ1) is 11.1. The van der Waals surface area contributed by atoms with Crippen LogP contribution in [0.25, 0.3) is 0 Å². The largest absolute Gasteiger partial charge is 0.392 e. The van der Waals surface area contributed by atoms with E-state index in [2.05, 4.69) is 0 Å². The highest BCUT2D eigenvalue weighted by Crippen LogP contribution is 2.47. The first-order valence-electron chi connectivity index (χ1n) is 8.98. The molecule has 0 bridgehead atoms. The number of carbonyl (C=O) groups is 2. The van der Waals surface area contributed by atoms with Gasteiger partial charge in [-0.1, -0.05) is 49.0 Å². The molecule has 0 aromatic carbocycles. The highest BCUT2D eigenvalue weighted by atomic mass is 16.5. The molecule has 0 rings (SSSR count). The molecule has 4 N–H and O–H groups in total. The number of hydroxylamine groups is 1. The smallest absolute Gasteiger partial charge is 0.252 e. The number of ketones is 1. The van der Waals surface area contributed by atoms with Crippen LogP contribution in [0.1, 0.15) is 90.5 Å². The molecule has 6 nitrogen and oxygen atoms in total. The van der Waals surface area contributed by atoms with E-state index in [1.54, 1.807) is 40.1 Å². The SMILES string of the molecule is C.CC(=O)C(C)(C(C)(C)C)C(C)(C)O.CC(O)C(C)(C(=O)NO)C(C)(C)C. The van der Waals surface area contributed by atoms with E-state index >= 15 is 0 Å². The van der Waals surface area contributed by atoms with Gasteiger partial charge in [-0.15, -0.1) is 0 Å². The molecule has 0 spiro atoms. The summed E-state index contributed by atoms with van der Waals surface area (Å²) in [5, 5.41) is 28.1. The Morgan fingerprint density at radius 1 is 0.852 bits per heavy atom. The minimum Gasteiger partial charge on any atom is -0.392 e. The molecule has 0 aromatic heterocycles. The van der Waals surface area contributed by atoms with E-state index in [4.69, 9.17) is 5.21 Å². The molecule has 0 fully saturated rings. The lowest BCUT2D eigenvalue weighted by atomic mass is 9.58. The van der Waals surface area contributed by atoms with Gasteiger partial charge >= 0.3 is 0 Å². The minimum atomic E-state index is -0.998. The average Bonchev–Trinajstić information content (AvgIpc) is 2.40. The van der Waals surface area contributed by atoms with Gasteiger partial charge in [0.05, 0.1) is 22.5 Å². The maximum Gasteiger partial charge on any atom is 0.252 e. The standard InChI is InChI=1S/C11H22O2.C9H19NO3.CH4/c1-8(12)11(7,9(2,3)4)10(5,6)13;1-6(11)9(5,7(12)10-13)8(2,3)4;/h13H,1-7H3;6,11,13H,1-5H3,(H,10,12);1H4. The zero-order valence-corrected chi connectivity index (χ0v) is 18.7. The molecule has 164 valence electrons. The monoisotopic (exact) mass is 391 g/mol. The number of aliphatic hydroxyl groups is 2. The Morgan fingerprint density at radius 3 is 1.22 bits per heavy atom. The van der Waals surface area contributed by atoms with Crippen LogP contribution in [-0.4, -0.2) is 38.8 Å². The Morgan fingerprint density at radius 2 is 1.19 bits per heavy atom. The van der Waals surface area contributed by atoms with Crippen LogP contribution in [0.3, 0.4) is 0 Å². The summed E-state index contributed by atoms with van der Waals surface area (Å²) in [6, 6.07) is 0. The van der Waals surface area contributed by atoms with Crippen molar-refractivity contribution in [1.29, 1.82) is 0 Å². The number of nitrogens with one attached hydrogen (secondary N) is 1. The van der Waals surface area contributed by atoms with E-state index in [1.165, 1.54) is 0 Å². The van der Waals surface area contributed by atoms with Gasteiger partial charge in [0.2, 0.25) is 0 Å². The van der Waals surface area contributed by atoms with Crippen molar-refractivity contribution in [3.63, 3.8) is 0 Å². The molecular formula is C21H45NO5. The fourth-order valence-electron chi connectivity index (χ4n) is 3.15. The lowest BCUT2D eigenvalue weighted by Gasteiger charge is -2.48. The van der Waals surface area contributed by atoms with Crippen molar-refractivity contribution in [2.45, 2.75) is 102 Å². The Balaban J connectivity index is -0.000000411. The van der Waals surface area contributed by atoms with E-state index in [0.717, 1.165) is 0 Å². The van der Waals surface area contributed by atoms with Crippen molar-refractivity contribution in [2.24, 2.45) is 21.7 Å². The summed E-state index contributed by atoms with van der Waals surface area (Å²) in [5.41, 5.74) is -1.76. The first-order valence-corrected chi connectivity index (χ1v) is 8.98. The van der Waals surface area contributed by atoms with E-state index < -0.39 is 33.9 Å². The Labute approximate surface area is 166 Å². The molecule has 3 atom stereocenters. The van der Waals surface area contributed by atoms with Crippen molar-refractivity contribution in [2.75, 3.05) is 0 Å². The van der Waals surface area contributed by atoms with Crippen LogP contribution in [0.15, 0.2) is 0 Å². The van der Waals surface area contributed by atoms with Crippen LogP contribution in [0.2, 0.25) is 0 Å². The van der Waals surface area contributed by atoms with Gasteiger partial charge in [-0.05, 0) is 52.4 Å². The number of rotatable bonds is 4. The Hall–Kier alpha value is -0.980. The van der Waals surface area contributed by atoms with Crippen molar-refractivity contribution in [3.8, 4) is 0 Å². The lowest BCUT2D eigenvalue weighted by molar-refractivity contribution is -0.156. The van der Waals surface area contributed by atoms with Crippen molar-refractivity contribution in [1.82, 2.24) is 5.48 Å². The molecule has 27 heavy (non-hydrogen) atoms. The summed E-state index contributed by atoms with van der Waals surface area (Å²) in [6.45, 7) is 21.4. The molecule has 0 aliphatic rings. The molecule has 3 unspecified atom stereocenters. The van der Waals surface area contributed by atoms with E-state index in [0.29, 0.717) is 0 Å². The minimum absolute atomic E-state index is 0. The highest BCUT2D eigenvalue weighted by Gasteiger charge is 2.52. The fraction of sp³-hybridized carbons (Fsp3) is 0.905. The third-order valence-corrected chi connectivity index (χ3v) is 6.39. The van der Waals surface area contributed by atoms with Crippen LogP contribution in [0, 0.1) is 21.7 Å². The summed E-state index contributed by atoms with van der Waals surface area (Å²) in [5.74, 6) is -0.525. The molecule has 1 amide bonds. The van der Waals surface area contributed by atoms with Gasteiger partial charge in [0.1, 0.15) is 5.78 Å². The van der Waals surface area contributed by atoms with Crippen LogP contribution in [0.4, 0.5) is 0 Å². The van der Waals surface area contributed by atoms with Crippen molar-refractivity contribution < 1.29 is 25.0 Å². The van der Waals surface area contributed by atoms with Gasteiger partial charge in [-0.2, -0.15) is 0 Å². The third kappa shape index (κ3) is 6.26. The summed E-state index contributed by atoms with van der Waals surface area (Å²) < 4.78 is 0. The fourth-order valence-corrected chi connectivity index (χ4v) is 3.15. The Kier molecular flexibility index (Phi) is 10.8. The van der Waals surface area contributed by atoms with Crippen LogP contribution in [-0.2, 0) is 9.59 Å². The van der Waals surface area contributed by atoms with Gasteiger partial charge in [-0.25, -0.2) is 5.48 Å². The first kappa shape index (κ1) is 30.7. The van der Waals surface area contributed by atoms with E-state index in [9.17, 15) is 19.8 Å². The third-order valence-electron chi connectivity index (χ3n) is 6.39. The van der Waals surface area contributed by atoms with Gasteiger partial charge < -0.3 is 10.2 Å². The van der Waals surface area contributed by atoms with Crippen LogP contribution in [0.5, 0.6) is 0 Å². The molecule has 0 saturated carbocycles. The van der Waals surface area contributed by atoms with E-state index in [-0.39, 0.29) is 18.6 Å². The average molecular weight is 392 g/mol. The molecule has 0 saturated heterocycles. The second-order valence-corrected chi connectivity index (χ2v) is 10.1. The second kappa shape index (κ2) is 9.48. The number of Topliss-reactive ketones (excluding diaryl/α,β-unsaturated/α-hetero) is 1. The zero-order chi connectivity index (χ0) is 21.9. The van der Waals surface area contributed by atoms with Crippen LogP contribution < -0.4 is 5.48 Å². The second-order valence-electron chi connectivity index (χ2n) is 10.1. The number of aliphatic hydroxyl groups excluding tert-OH is 1. The quantitative estimate of drug-likeness (QED) is 0.429. The molecule has 0 heterocycles. The van der Waals surface area contributed by atoms with E-state index in [1.807, 2.05) is 48.5 Å². The molecule has 0 aliphatic carbocycles. The lowest BCUT2D eigenvalue weighted by Crippen LogP contribution is -2.54. The maximum absolute atomic E-state index is 11.6. The summed E-state index contributed by atoms with van der Waals surface area (Å²) in [6.07, 6.45) is -0.820. The van der Waals surface area contributed by atoms with Gasteiger partial charge in [0.25, 0.3) is 5.91 Å². The van der Waals surface area contributed by atoms with Gasteiger partial charge in [0.15, 0.2) is 0 Å². The predicted molar refractivity (Wildman–Crippen MR) is 110 cm³/mol. The molecule has 0 aromatic rings. The van der Waals surface area contributed by atoms with Gasteiger partial charge in [0, 0.05) is 0 Å². The number of hydrogen-bond donors (Lipinski definition) is 4. The molecular weight excluding hydrogens is 346 g/mol.